The molecule has 0 saturated heterocycles. The van der Waals surface area contributed by atoms with Crippen molar-refractivity contribution in [2.45, 2.75) is 0 Å². The Bertz CT molecular complexity index is 683. The van der Waals surface area contributed by atoms with Crippen LogP contribution in [0.1, 0.15) is 16.1 Å². The Morgan fingerprint density at radius 3 is 2.95 bits per heavy atom. The fourth-order valence-electron chi connectivity index (χ4n) is 1.76. The zero-order valence-electron chi connectivity index (χ0n) is 9.39. The summed E-state index contributed by atoms with van der Waals surface area (Å²) in [5.41, 5.74) is 1.56. The van der Waals surface area contributed by atoms with E-state index in [1.165, 1.54) is 11.5 Å². The molecular weight excluding hydrogens is 307 g/mol. The smallest absolute Gasteiger partial charge is 0.196 e. The first-order valence-electron chi connectivity index (χ1n) is 5.30. The van der Waals surface area contributed by atoms with Crippen LogP contribution in [0.5, 0.6) is 5.75 Å². The molecule has 1 aliphatic rings. The van der Waals surface area contributed by atoms with E-state index in [2.05, 4.69) is 9.59 Å². The average Bonchev–Trinajstić information content (AvgIpc) is 2.90. The lowest BCUT2D eigenvalue weighted by atomic mass is 10.00. The molecule has 0 radical (unpaired) electrons. The van der Waals surface area contributed by atoms with E-state index in [1.54, 1.807) is 23.6 Å². The fourth-order valence-corrected chi connectivity index (χ4v) is 2.54. The molecule has 4 nitrogen and oxygen atoms in total. The first-order valence-corrected chi connectivity index (χ1v) is 6.89. The molecule has 1 aromatic carbocycles. The molecule has 0 unspecified atom stereocenters. The van der Waals surface area contributed by atoms with Crippen molar-refractivity contribution in [3.63, 3.8) is 0 Å². The number of hydrogen-bond acceptors (Lipinski definition) is 5. The average molecular weight is 313 g/mol. The number of hydrogen-bond donors (Lipinski definition) is 0. The van der Waals surface area contributed by atoms with Gasteiger partial charge in [0.25, 0.3) is 0 Å². The Morgan fingerprint density at radius 1 is 1.37 bits per heavy atom. The Kier molecular flexibility index (Phi) is 3.26. The van der Waals surface area contributed by atoms with E-state index in [4.69, 9.17) is 27.9 Å². The van der Waals surface area contributed by atoms with E-state index in [0.717, 1.165) is 0 Å². The molecule has 2 heterocycles. The fraction of sp³-hybridized carbons (Fsp3) is 0.0833. The minimum absolute atomic E-state index is 0.132. The highest BCUT2D eigenvalue weighted by atomic mass is 35.5. The van der Waals surface area contributed by atoms with Crippen LogP contribution in [0.4, 0.5) is 0 Å². The summed E-state index contributed by atoms with van der Waals surface area (Å²) in [5, 5.41) is 6.25. The third kappa shape index (κ3) is 2.25. The van der Waals surface area contributed by atoms with Crippen LogP contribution in [-0.4, -0.2) is 22.0 Å². The van der Waals surface area contributed by atoms with Crippen molar-refractivity contribution in [2.75, 3.05) is 6.61 Å². The number of carbonyl (C=O) groups excluding carboxylic acids is 1. The van der Waals surface area contributed by atoms with Crippen LogP contribution >= 0.6 is 34.7 Å². The Morgan fingerprint density at radius 2 is 2.21 bits per heavy atom. The highest BCUT2D eigenvalue weighted by Gasteiger charge is 2.26. The van der Waals surface area contributed by atoms with Crippen LogP contribution in [0.3, 0.4) is 0 Å². The number of ketones is 1. The second kappa shape index (κ2) is 4.92. The van der Waals surface area contributed by atoms with Gasteiger partial charge in [-0.15, -0.1) is 5.10 Å². The molecule has 0 N–H and O–H groups in total. The van der Waals surface area contributed by atoms with E-state index < -0.39 is 0 Å². The molecule has 2 aromatic rings. The minimum Gasteiger partial charge on any atom is -0.486 e. The van der Waals surface area contributed by atoms with Gasteiger partial charge in [-0.3, -0.25) is 4.79 Å². The summed E-state index contributed by atoms with van der Waals surface area (Å²) < 4.78 is 9.26. The number of Topliss-reactive ketones (excluding diaryl/α,β-unsaturated/α-hetero) is 1. The predicted molar refractivity (Wildman–Crippen MR) is 74.2 cm³/mol. The van der Waals surface area contributed by atoms with E-state index >= 15 is 0 Å². The first-order chi connectivity index (χ1) is 9.16. The zero-order chi connectivity index (χ0) is 13.4. The van der Waals surface area contributed by atoms with Crippen molar-refractivity contribution >= 4 is 46.6 Å². The third-order valence-corrected chi connectivity index (χ3v) is 3.97. The Balaban J connectivity index is 2.04. The molecule has 1 aliphatic heterocycles. The van der Waals surface area contributed by atoms with Crippen LogP contribution in [-0.2, 0) is 0 Å². The van der Waals surface area contributed by atoms with Gasteiger partial charge in [-0.1, -0.05) is 27.7 Å². The van der Waals surface area contributed by atoms with Gasteiger partial charge in [0, 0.05) is 11.0 Å². The zero-order valence-corrected chi connectivity index (χ0v) is 11.7. The van der Waals surface area contributed by atoms with Crippen LogP contribution in [0.25, 0.3) is 6.08 Å². The van der Waals surface area contributed by atoms with E-state index in [9.17, 15) is 4.79 Å². The van der Waals surface area contributed by atoms with E-state index in [-0.39, 0.29) is 17.4 Å². The molecule has 0 spiro atoms. The second-order valence-electron chi connectivity index (χ2n) is 3.86. The summed E-state index contributed by atoms with van der Waals surface area (Å²) in [7, 11) is 0. The lowest BCUT2D eigenvalue weighted by Gasteiger charge is -2.20. The maximum atomic E-state index is 12.3. The van der Waals surface area contributed by atoms with E-state index in [0.29, 0.717) is 27.6 Å². The van der Waals surface area contributed by atoms with Gasteiger partial charge in [-0.05, 0) is 29.7 Å². The number of fused-ring (bicyclic) bond motifs is 1. The van der Waals surface area contributed by atoms with Crippen molar-refractivity contribution in [3.05, 3.63) is 44.4 Å². The van der Waals surface area contributed by atoms with Crippen LogP contribution < -0.4 is 4.74 Å². The summed E-state index contributed by atoms with van der Waals surface area (Å²) in [5.74, 6) is 0.209. The van der Waals surface area contributed by atoms with Crippen molar-refractivity contribution < 1.29 is 9.53 Å². The molecule has 19 heavy (non-hydrogen) atoms. The predicted octanol–water partition coefficient (Wildman–Crippen LogP) is 3.50. The molecule has 0 bridgehead atoms. The Hall–Kier alpha value is -1.43. The molecular formula is C12H6Cl2N2O2S. The number of benzene rings is 1. The van der Waals surface area contributed by atoms with Gasteiger partial charge in [0.1, 0.15) is 11.6 Å². The second-order valence-corrected chi connectivity index (χ2v) is 5.25. The summed E-state index contributed by atoms with van der Waals surface area (Å²) in [6, 6.07) is 3.19. The lowest BCUT2D eigenvalue weighted by Crippen LogP contribution is -2.19. The quantitative estimate of drug-likeness (QED) is 0.756. The normalized spacial score (nSPS) is 16.3. The molecule has 0 aliphatic carbocycles. The third-order valence-electron chi connectivity index (χ3n) is 2.66. The van der Waals surface area contributed by atoms with Crippen molar-refractivity contribution in [1.29, 1.82) is 0 Å². The standard InChI is InChI=1S/C12H6Cl2N2O2S/c13-9-2-1-8-11(17)6(3-7-5-19-16-15-7)4-18-12(8)10(9)14/h1-3,5H,4H2/b6-3+. The van der Waals surface area contributed by atoms with Crippen LogP contribution in [0.2, 0.25) is 10.0 Å². The van der Waals surface area contributed by atoms with Crippen molar-refractivity contribution in [1.82, 2.24) is 9.59 Å². The van der Waals surface area contributed by atoms with Crippen LogP contribution in [0.15, 0.2) is 23.1 Å². The maximum absolute atomic E-state index is 12.3. The van der Waals surface area contributed by atoms with Gasteiger partial charge in [-0.2, -0.15) is 0 Å². The van der Waals surface area contributed by atoms with Crippen LogP contribution in [0, 0.1) is 0 Å². The number of nitrogens with zero attached hydrogens (tertiary/aromatic N) is 2. The molecule has 0 fully saturated rings. The number of aromatic nitrogens is 2. The highest BCUT2D eigenvalue weighted by molar-refractivity contribution is 7.03. The topological polar surface area (TPSA) is 52.1 Å². The monoisotopic (exact) mass is 312 g/mol. The number of rotatable bonds is 1. The summed E-state index contributed by atoms with van der Waals surface area (Å²) in [6.45, 7) is 0.142. The van der Waals surface area contributed by atoms with Crippen molar-refractivity contribution in [3.8, 4) is 5.75 Å². The molecule has 0 amide bonds. The highest BCUT2D eigenvalue weighted by Crippen LogP contribution is 2.38. The number of carbonyl (C=O) groups is 1. The van der Waals surface area contributed by atoms with E-state index in [1.807, 2.05) is 0 Å². The number of halogens is 2. The van der Waals surface area contributed by atoms with Gasteiger partial charge in [0.05, 0.1) is 16.3 Å². The first kappa shape index (κ1) is 12.6. The molecule has 0 saturated carbocycles. The summed E-state index contributed by atoms with van der Waals surface area (Å²) in [4.78, 5) is 12.3. The van der Waals surface area contributed by atoms with Crippen molar-refractivity contribution in [2.24, 2.45) is 0 Å². The molecule has 7 heteroatoms. The Labute approximate surface area is 122 Å². The molecule has 3 rings (SSSR count). The maximum Gasteiger partial charge on any atom is 0.196 e. The summed E-state index contributed by atoms with van der Waals surface area (Å²) >= 11 is 13.1. The SMILES string of the molecule is O=C1/C(=C/c2csnn2)COc2c1ccc(Cl)c2Cl. The van der Waals surface area contributed by atoms with Gasteiger partial charge in [-0.25, -0.2) is 0 Å². The van der Waals surface area contributed by atoms with Gasteiger partial charge in [0.15, 0.2) is 11.5 Å². The molecule has 0 atom stereocenters. The molecule has 96 valence electrons. The lowest BCUT2D eigenvalue weighted by molar-refractivity contribution is 0.100. The number of ether oxygens (including phenoxy) is 1. The van der Waals surface area contributed by atoms with Gasteiger partial charge < -0.3 is 4.74 Å². The molecule has 1 aromatic heterocycles. The summed E-state index contributed by atoms with van der Waals surface area (Å²) in [6.07, 6.45) is 1.66. The van der Waals surface area contributed by atoms with Gasteiger partial charge in [0.2, 0.25) is 0 Å². The van der Waals surface area contributed by atoms with Gasteiger partial charge >= 0.3 is 0 Å². The largest absolute Gasteiger partial charge is 0.486 e. The minimum atomic E-state index is -0.132.